The molecule has 3 aliphatic carbocycles. The van der Waals surface area contributed by atoms with Gasteiger partial charge in [-0.05, 0) is 80.1 Å². The van der Waals surface area contributed by atoms with Gasteiger partial charge in [0.05, 0.1) is 32.0 Å². The summed E-state index contributed by atoms with van der Waals surface area (Å²) in [4.78, 5) is 15.6. The van der Waals surface area contributed by atoms with E-state index in [1.165, 1.54) is 12.6 Å². The Morgan fingerprint density at radius 2 is 1.18 bits per heavy atom. The van der Waals surface area contributed by atoms with E-state index in [1.807, 2.05) is 66.7 Å². The van der Waals surface area contributed by atoms with Crippen LogP contribution in [0.2, 0.25) is 0 Å². The molecule has 0 fully saturated rings. The molecule has 8 rings (SSSR count). The Morgan fingerprint density at radius 3 is 1.80 bits per heavy atom. The molecule has 0 unspecified atom stereocenters. The predicted octanol–water partition coefficient (Wildman–Crippen LogP) is 10.5. The van der Waals surface area contributed by atoms with E-state index in [9.17, 15) is 35.5 Å². The minimum atomic E-state index is -4.35. The molecule has 0 radical (unpaired) electrons. The first-order chi connectivity index (χ1) is 24.8. The quantitative estimate of drug-likeness (QED) is 0.135. The lowest BCUT2D eigenvalue weighted by Gasteiger charge is -2.10. The number of alkyl halides is 7. The van der Waals surface area contributed by atoms with Crippen molar-refractivity contribution in [2.24, 2.45) is 12.0 Å². The Hall–Kier alpha value is -4.54. The maximum atomic E-state index is 13.1. The van der Waals surface area contributed by atoms with Crippen molar-refractivity contribution in [1.82, 2.24) is 9.78 Å². The smallest absolute Gasteiger partial charge is 0.294 e. The van der Waals surface area contributed by atoms with Crippen LogP contribution in [0, 0.1) is 0 Å². The van der Waals surface area contributed by atoms with Gasteiger partial charge in [-0.15, -0.1) is 0 Å². The molecule has 0 saturated heterocycles. The second-order valence-electron chi connectivity index (χ2n) is 12.7. The van der Waals surface area contributed by atoms with Gasteiger partial charge in [-0.2, -0.15) is 31.4 Å². The Morgan fingerprint density at radius 1 is 0.667 bits per heavy atom. The van der Waals surface area contributed by atoms with E-state index in [2.05, 4.69) is 16.2 Å². The van der Waals surface area contributed by atoms with Crippen LogP contribution in [-0.2, 0) is 38.9 Å². The number of nitrogens with zero attached hydrogens (tertiary/aromatic N) is 3. The van der Waals surface area contributed by atoms with Crippen LogP contribution >= 0.6 is 0 Å². The standard InChI is InChI=1S/C14H13F3N2.C14H12F3N.C11H12O.CH3F/c1-19-13(14(15,16)17)11-8-4-6-9-5-2-3-7-10(9)12(11)18-19;15-14(16,17)12-8-18-13-10-6-2-1-4-9(10)5-3-7-11(12)13;12-11-8-4-2-6-9-5-1-3-7-10(9)11;1-2/h2-3,5,7H,4,6,8H2,1H3;1-2,4,6H,3,5,7-8H2;1,3,5,7H,2,4,6,8H2;1H3/i;;;1D. The van der Waals surface area contributed by atoms with Gasteiger partial charge in [0.25, 0.3) is 0 Å². The molecule has 0 bridgehead atoms. The highest BCUT2D eigenvalue weighted by Crippen LogP contribution is 2.40. The molecular weight excluding hydrogens is 671 g/mol. The molecule has 4 nitrogen and oxygen atoms in total. The summed E-state index contributed by atoms with van der Waals surface area (Å²) in [5.74, 6) is 0.322. The number of aliphatic imine (C=N–C) groups is 1. The fourth-order valence-corrected chi connectivity index (χ4v) is 7.24. The van der Waals surface area contributed by atoms with Gasteiger partial charge in [0.1, 0.15) is 5.69 Å². The molecule has 0 spiro atoms. The number of halogens is 7. The Labute approximate surface area is 294 Å². The Bertz CT molecular complexity index is 1940. The number of aryl methyl sites for hydroxylation is 4. The first-order valence-corrected chi connectivity index (χ1v) is 16.9. The van der Waals surface area contributed by atoms with E-state index in [-0.39, 0.29) is 6.54 Å². The lowest BCUT2D eigenvalue weighted by atomic mass is 9.97. The van der Waals surface area contributed by atoms with Gasteiger partial charge in [0, 0.05) is 35.7 Å². The zero-order valence-electron chi connectivity index (χ0n) is 29.3. The van der Waals surface area contributed by atoms with Crippen molar-refractivity contribution in [3.05, 3.63) is 123 Å². The summed E-state index contributed by atoms with van der Waals surface area (Å²) >= 11 is 0. The van der Waals surface area contributed by atoms with Crippen LogP contribution in [0.25, 0.3) is 11.3 Å². The number of Topliss-reactive ketones (excluding diaryl/α,β-unsaturated/α-hetero) is 1. The first-order valence-electron chi connectivity index (χ1n) is 17.7. The van der Waals surface area contributed by atoms with Crippen LogP contribution in [0.5, 0.6) is 0 Å². The molecule has 0 atom stereocenters. The molecule has 4 aromatic rings. The average molecular weight is 713 g/mol. The van der Waals surface area contributed by atoms with Crippen molar-refractivity contribution in [3.63, 3.8) is 0 Å². The average Bonchev–Trinajstić information content (AvgIpc) is 3.49. The summed E-state index contributed by atoms with van der Waals surface area (Å²) in [6.07, 6.45) is -0.597. The predicted molar refractivity (Wildman–Crippen MR) is 185 cm³/mol. The van der Waals surface area contributed by atoms with Gasteiger partial charge in [-0.3, -0.25) is 18.9 Å². The van der Waals surface area contributed by atoms with Crippen molar-refractivity contribution >= 4 is 11.5 Å². The van der Waals surface area contributed by atoms with Crippen molar-refractivity contribution in [3.8, 4) is 11.3 Å². The van der Waals surface area contributed by atoms with Crippen LogP contribution in [0.1, 0.15) is 83.8 Å². The van der Waals surface area contributed by atoms with E-state index in [1.54, 1.807) is 0 Å². The summed E-state index contributed by atoms with van der Waals surface area (Å²) in [5, 5.41) is 4.12. The summed E-state index contributed by atoms with van der Waals surface area (Å²) in [6, 6.07) is 23.2. The van der Waals surface area contributed by atoms with Crippen LogP contribution in [0.3, 0.4) is 0 Å². The molecule has 3 aromatic carbocycles. The maximum Gasteiger partial charge on any atom is 0.433 e. The topological polar surface area (TPSA) is 47.2 Å². The molecule has 0 N–H and O–H groups in total. The molecule has 270 valence electrons. The molecule has 0 amide bonds. The fourth-order valence-electron chi connectivity index (χ4n) is 7.24. The number of hydrogen-bond donors (Lipinski definition) is 0. The highest BCUT2D eigenvalue weighted by atomic mass is 19.4. The third-order valence-electron chi connectivity index (χ3n) is 9.51. The van der Waals surface area contributed by atoms with E-state index < -0.39 is 30.8 Å². The summed E-state index contributed by atoms with van der Waals surface area (Å²) in [6.45, 7) is -0.220. The lowest BCUT2D eigenvalue weighted by Crippen LogP contribution is -2.15. The fraction of sp³-hybridized carbons (Fsp3) is 0.375. The Kier molecular flexibility index (Phi) is 11.5. The van der Waals surface area contributed by atoms with Gasteiger partial charge >= 0.3 is 12.4 Å². The number of carbonyl (C=O) groups excluding carboxylic acids is 1. The monoisotopic (exact) mass is 712 g/mol. The number of allylic oxidation sites excluding steroid dienone is 1. The third-order valence-corrected chi connectivity index (χ3v) is 9.51. The SMILES string of the molecule is Cn1nc2c(c1C(F)(F)F)CCCc1ccccc1-2.FC(F)(F)C1=C2CCCc3ccccc3C2=NC1.O=C1CCCCc2ccccc21.[2H]CF. The summed E-state index contributed by atoms with van der Waals surface area (Å²) in [7, 11) is 0.361. The zero-order chi connectivity index (χ0) is 37.5. The number of rotatable bonds is 0. The number of benzene rings is 3. The highest BCUT2D eigenvalue weighted by molar-refractivity contribution is 6.15. The molecule has 51 heavy (non-hydrogen) atoms. The van der Waals surface area contributed by atoms with Crippen LogP contribution < -0.4 is 0 Å². The maximum absolute atomic E-state index is 13.1. The normalized spacial score (nSPS) is 16.6. The molecule has 4 aliphatic rings. The summed E-state index contributed by atoms with van der Waals surface area (Å²) in [5.41, 5.74) is 6.82. The van der Waals surface area contributed by atoms with E-state index in [4.69, 9.17) is 1.37 Å². The number of fused-ring (bicyclic) bond motifs is 7. The number of hydrogen-bond acceptors (Lipinski definition) is 3. The van der Waals surface area contributed by atoms with Crippen LogP contribution in [0.15, 0.2) is 88.9 Å². The van der Waals surface area contributed by atoms with Crippen molar-refractivity contribution in [1.29, 1.82) is 0 Å². The molecule has 1 aromatic heterocycles. The molecule has 2 heterocycles. The number of aromatic nitrogens is 2. The van der Waals surface area contributed by atoms with Gasteiger partial charge < -0.3 is 0 Å². The lowest BCUT2D eigenvalue weighted by molar-refractivity contribution is -0.144. The van der Waals surface area contributed by atoms with Crippen LogP contribution in [-0.4, -0.2) is 41.2 Å². The molecule has 1 aliphatic heterocycles. The van der Waals surface area contributed by atoms with Gasteiger partial charge in [-0.25, -0.2) is 0 Å². The van der Waals surface area contributed by atoms with E-state index in [0.717, 1.165) is 83.9 Å². The minimum absolute atomic E-state index is 0.220. The van der Waals surface area contributed by atoms with Gasteiger partial charge in [-0.1, -0.05) is 72.8 Å². The van der Waals surface area contributed by atoms with Gasteiger partial charge in [0.2, 0.25) is 0 Å². The molecule has 0 saturated carbocycles. The van der Waals surface area contributed by atoms with Crippen LogP contribution in [0.4, 0.5) is 30.7 Å². The second-order valence-corrected chi connectivity index (χ2v) is 12.7. The first kappa shape index (κ1) is 36.3. The number of ketones is 1. The highest BCUT2D eigenvalue weighted by Gasteiger charge is 2.41. The minimum Gasteiger partial charge on any atom is -0.294 e. The number of carbonyl (C=O) groups is 1. The van der Waals surface area contributed by atoms with Crippen molar-refractivity contribution in [2.45, 2.75) is 76.6 Å². The second kappa shape index (κ2) is 16.2. The van der Waals surface area contributed by atoms with Crippen molar-refractivity contribution in [2.75, 3.05) is 13.7 Å². The summed E-state index contributed by atoms with van der Waals surface area (Å²) < 4.78 is 94.5. The van der Waals surface area contributed by atoms with E-state index in [0.29, 0.717) is 41.2 Å². The zero-order valence-corrected chi connectivity index (χ0v) is 28.3. The largest absolute Gasteiger partial charge is 0.433 e. The molecular formula is C40H40F7N3O. The van der Waals surface area contributed by atoms with E-state index >= 15 is 0 Å². The van der Waals surface area contributed by atoms with Gasteiger partial charge in [0.15, 0.2) is 5.78 Å². The van der Waals surface area contributed by atoms with Crippen molar-refractivity contribution < 1.29 is 36.9 Å². The molecule has 11 heteroatoms. The Balaban J connectivity index is 0.000000148. The third kappa shape index (κ3) is 8.51.